The van der Waals surface area contributed by atoms with E-state index in [1.807, 2.05) is 0 Å². The van der Waals surface area contributed by atoms with E-state index in [2.05, 4.69) is 21.2 Å². The lowest BCUT2D eigenvalue weighted by atomic mass is 10.2. The minimum atomic E-state index is -0.347. The first kappa shape index (κ1) is 9.99. The first-order chi connectivity index (χ1) is 5.61. The lowest BCUT2D eigenvalue weighted by molar-refractivity contribution is -0.120. The van der Waals surface area contributed by atoms with E-state index < -0.39 is 0 Å². The van der Waals surface area contributed by atoms with Gasteiger partial charge in [0.05, 0.1) is 10.9 Å². The van der Waals surface area contributed by atoms with Crippen LogP contribution >= 0.6 is 15.9 Å². The number of alkyl halides is 1. The number of hydrogen-bond acceptors (Lipinski definition) is 2. The van der Waals surface area contributed by atoms with Gasteiger partial charge in [0.2, 0.25) is 5.91 Å². The number of carbonyl (C=O) groups excluding carboxylic acids is 1. The predicted molar refractivity (Wildman–Crippen MR) is 50.1 cm³/mol. The smallest absolute Gasteiger partial charge is 0.233 e. The molecule has 2 unspecified atom stereocenters. The fourth-order valence-electron chi connectivity index (χ4n) is 0.993. The molecule has 0 spiro atoms. The molecule has 1 aliphatic rings. The van der Waals surface area contributed by atoms with E-state index in [9.17, 15) is 9.90 Å². The number of carbonyl (C=O) groups is 1. The Bertz CT molecular complexity index is 168. The summed E-state index contributed by atoms with van der Waals surface area (Å²) in [5.74, 6) is 0.366. The van der Waals surface area contributed by atoms with Crippen LogP contribution in [0.25, 0.3) is 0 Å². The van der Waals surface area contributed by atoms with Crippen molar-refractivity contribution >= 4 is 21.8 Å². The Morgan fingerprint density at radius 3 is 2.75 bits per heavy atom. The maximum absolute atomic E-state index is 11.0. The molecule has 3 nitrogen and oxygen atoms in total. The number of aliphatic hydroxyl groups excluding tert-OH is 1. The molecule has 12 heavy (non-hydrogen) atoms. The van der Waals surface area contributed by atoms with Crippen LogP contribution in [0.1, 0.15) is 19.8 Å². The molecular formula is C8H14BrNO2. The Kier molecular flexibility index (Phi) is 3.53. The van der Waals surface area contributed by atoms with E-state index >= 15 is 0 Å². The predicted octanol–water partition coefficient (Wildman–Crippen LogP) is 0.657. The van der Waals surface area contributed by atoms with E-state index in [1.165, 1.54) is 0 Å². The summed E-state index contributed by atoms with van der Waals surface area (Å²) in [6.45, 7) is 2.15. The molecule has 0 radical (unpaired) electrons. The van der Waals surface area contributed by atoms with Gasteiger partial charge in [-0.05, 0) is 25.7 Å². The minimum absolute atomic E-state index is 0.0605. The van der Waals surface area contributed by atoms with Gasteiger partial charge in [-0.3, -0.25) is 4.79 Å². The summed E-state index contributed by atoms with van der Waals surface area (Å²) in [7, 11) is 0. The molecule has 1 rings (SSSR count). The summed E-state index contributed by atoms with van der Waals surface area (Å²) in [5, 5.41) is 12.1. The Morgan fingerprint density at radius 2 is 2.33 bits per heavy atom. The lowest BCUT2D eigenvalue weighted by Crippen LogP contribution is -2.36. The van der Waals surface area contributed by atoms with Gasteiger partial charge in [-0.25, -0.2) is 0 Å². The molecule has 2 N–H and O–H groups in total. The number of hydrogen-bond donors (Lipinski definition) is 2. The van der Waals surface area contributed by atoms with Crippen molar-refractivity contribution in [3.63, 3.8) is 0 Å². The van der Waals surface area contributed by atoms with Crippen molar-refractivity contribution in [3.8, 4) is 0 Å². The molecule has 0 aromatic carbocycles. The summed E-state index contributed by atoms with van der Waals surface area (Å²) in [6, 6.07) is 0. The monoisotopic (exact) mass is 235 g/mol. The summed E-state index contributed by atoms with van der Waals surface area (Å²) in [4.78, 5) is 10.8. The highest BCUT2D eigenvalue weighted by Gasteiger charge is 2.29. The number of amides is 1. The van der Waals surface area contributed by atoms with Crippen LogP contribution in [0.2, 0.25) is 0 Å². The van der Waals surface area contributed by atoms with E-state index in [4.69, 9.17) is 0 Å². The quantitative estimate of drug-likeness (QED) is 0.704. The van der Waals surface area contributed by atoms with Crippen molar-refractivity contribution in [1.29, 1.82) is 0 Å². The van der Waals surface area contributed by atoms with Crippen LogP contribution in [0, 0.1) is 5.92 Å². The average molecular weight is 236 g/mol. The Hall–Kier alpha value is -0.0900. The fourth-order valence-corrected chi connectivity index (χ4v) is 1.16. The number of rotatable bonds is 4. The third kappa shape index (κ3) is 3.11. The van der Waals surface area contributed by atoms with Gasteiger partial charge in [-0.2, -0.15) is 0 Å². The van der Waals surface area contributed by atoms with Crippen LogP contribution in [-0.2, 0) is 4.79 Å². The van der Waals surface area contributed by atoms with Gasteiger partial charge in [0.15, 0.2) is 0 Å². The van der Waals surface area contributed by atoms with Crippen LogP contribution in [0.4, 0.5) is 0 Å². The zero-order valence-corrected chi connectivity index (χ0v) is 8.67. The van der Waals surface area contributed by atoms with Crippen LogP contribution in [-0.4, -0.2) is 28.5 Å². The normalized spacial score (nSPS) is 21.6. The molecule has 0 aliphatic heterocycles. The van der Waals surface area contributed by atoms with Gasteiger partial charge in [-0.1, -0.05) is 15.9 Å². The van der Waals surface area contributed by atoms with Gasteiger partial charge in [-0.15, -0.1) is 0 Å². The molecule has 0 aromatic rings. The van der Waals surface area contributed by atoms with Crippen molar-refractivity contribution in [1.82, 2.24) is 5.32 Å². The molecule has 0 saturated heterocycles. The second-order valence-corrected chi connectivity index (χ2v) is 4.64. The first-order valence-electron chi connectivity index (χ1n) is 4.21. The fraction of sp³-hybridized carbons (Fsp3) is 0.875. The topological polar surface area (TPSA) is 49.3 Å². The maximum atomic E-state index is 11.0. The second-order valence-electron chi connectivity index (χ2n) is 3.27. The van der Waals surface area contributed by atoms with Gasteiger partial charge < -0.3 is 10.4 Å². The van der Waals surface area contributed by atoms with E-state index in [1.54, 1.807) is 6.92 Å². The highest BCUT2D eigenvalue weighted by Crippen LogP contribution is 2.32. The lowest BCUT2D eigenvalue weighted by Gasteiger charge is -2.11. The average Bonchev–Trinajstić information content (AvgIpc) is 2.81. The van der Waals surface area contributed by atoms with Crippen molar-refractivity contribution in [2.45, 2.75) is 30.7 Å². The highest BCUT2D eigenvalue weighted by molar-refractivity contribution is 9.10. The molecule has 0 bridgehead atoms. The van der Waals surface area contributed by atoms with Crippen molar-refractivity contribution in [2.24, 2.45) is 5.92 Å². The van der Waals surface area contributed by atoms with Crippen LogP contribution in [0.15, 0.2) is 0 Å². The van der Waals surface area contributed by atoms with Gasteiger partial charge >= 0.3 is 0 Å². The second kappa shape index (κ2) is 4.23. The van der Waals surface area contributed by atoms with Gasteiger partial charge in [0, 0.05) is 6.54 Å². The van der Waals surface area contributed by atoms with Crippen molar-refractivity contribution in [2.75, 3.05) is 6.54 Å². The molecule has 0 aromatic heterocycles. The summed E-state index contributed by atoms with van der Waals surface area (Å²) >= 11 is 3.15. The number of halogens is 1. The van der Waals surface area contributed by atoms with Crippen LogP contribution in [0.5, 0.6) is 0 Å². The van der Waals surface area contributed by atoms with Gasteiger partial charge in [0.25, 0.3) is 0 Å². The molecule has 70 valence electrons. The first-order valence-corrected chi connectivity index (χ1v) is 5.12. The molecule has 1 amide bonds. The minimum Gasteiger partial charge on any atom is -0.391 e. The third-order valence-corrected chi connectivity index (χ3v) is 2.43. The van der Waals surface area contributed by atoms with E-state index in [0.29, 0.717) is 12.5 Å². The Morgan fingerprint density at radius 1 is 1.75 bits per heavy atom. The molecular weight excluding hydrogens is 222 g/mol. The zero-order valence-electron chi connectivity index (χ0n) is 7.09. The summed E-state index contributed by atoms with van der Waals surface area (Å²) in [5.41, 5.74) is 0. The molecule has 0 heterocycles. The number of nitrogens with one attached hydrogen (secondary N) is 1. The Balaban J connectivity index is 2.11. The Labute approximate surface area is 80.7 Å². The summed E-state index contributed by atoms with van der Waals surface area (Å²) in [6.07, 6.45) is 1.85. The molecule has 1 saturated carbocycles. The standard InChI is InChI=1S/C8H14BrNO2/c1-5(9)8(12)10-4-7(11)6-2-3-6/h5-7,11H,2-4H2,1H3,(H,10,12). The largest absolute Gasteiger partial charge is 0.391 e. The molecule has 4 heteroatoms. The van der Waals surface area contributed by atoms with Gasteiger partial charge in [0.1, 0.15) is 0 Å². The zero-order chi connectivity index (χ0) is 9.14. The van der Waals surface area contributed by atoms with Crippen LogP contribution in [0.3, 0.4) is 0 Å². The van der Waals surface area contributed by atoms with E-state index in [-0.39, 0.29) is 16.8 Å². The van der Waals surface area contributed by atoms with E-state index in [0.717, 1.165) is 12.8 Å². The third-order valence-electron chi connectivity index (χ3n) is 2.01. The van der Waals surface area contributed by atoms with Crippen LogP contribution < -0.4 is 5.32 Å². The molecule has 1 aliphatic carbocycles. The van der Waals surface area contributed by atoms with Crippen molar-refractivity contribution in [3.05, 3.63) is 0 Å². The highest BCUT2D eigenvalue weighted by atomic mass is 79.9. The van der Waals surface area contributed by atoms with Crippen molar-refractivity contribution < 1.29 is 9.90 Å². The molecule has 2 atom stereocenters. The maximum Gasteiger partial charge on any atom is 0.233 e. The SMILES string of the molecule is CC(Br)C(=O)NCC(O)C1CC1. The summed E-state index contributed by atoms with van der Waals surface area (Å²) < 4.78 is 0. The molecule has 1 fully saturated rings. The number of aliphatic hydroxyl groups is 1.